The molecule has 1 N–H and O–H groups in total. The number of carbonyl (C=O) groups excluding carboxylic acids is 2. The lowest BCUT2D eigenvalue weighted by atomic mass is 9.95. The number of nitrogens with zero attached hydrogens (tertiary/aromatic N) is 3. The van der Waals surface area contributed by atoms with Crippen LogP contribution in [0.25, 0.3) is 5.76 Å². The number of aryl methyl sites for hydroxylation is 1. The number of aliphatic hydroxyl groups is 1. The van der Waals surface area contributed by atoms with Gasteiger partial charge in [0.2, 0.25) is 5.13 Å². The van der Waals surface area contributed by atoms with Crippen molar-refractivity contribution in [1.29, 1.82) is 0 Å². The molecule has 37 heavy (non-hydrogen) atoms. The first kappa shape index (κ1) is 25.5. The van der Waals surface area contributed by atoms with Crippen molar-refractivity contribution in [3.8, 4) is 0 Å². The van der Waals surface area contributed by atoms with Crippen LogP contribution in [0.15, 0.2) is 82.7 Å². The van der Waals surface area contributed by atoms with Crippen molar-refractivity contribution in [2.45, 2.75) is 23.1 Å². The van der Waals surface area contributed by atoms with Gasteiger partial charge >= 0.3 is 5.91 Å². The van der Waals surface area contributed by atoms with Gasteiger partial charge in [-0.2, -0.15) is 0 Å². The highest BCUT2D eigenvalue weighted by molar-refractivity contribution is 8.00. The molecule has 1 amide bonds. The number of ketones is 1. The fourth-order valence-corrected chi connectivity index (χ4v) is 6.32. The molecule has 1 aromatic heterocycles. The normalized spacial score (nSPS) is 16.9. The standard InChI is InChI=1S/C27H19Cl2N3O3S2/c1-15-7-9-16(10-8-15)14-36-27-31-30-26(37-27)32-22(19-12-11-18(28)13-20(19)29)21(24(34)25(32)35)23(33)17-5-3-2-4-6-17/h2-13,22,33H,14H2,1H3/b23-21-. The van der Waals surface area contributed by atoms with Crippen LogP contribution in [0.1, 0.15) is 28.3 Å². The van der Waals surface area contributed by atoms with Crippen LogP contribution >= 0.6 is 46.3 Å². The number of benzene rings is 3. The molecule has 1 atom stereocenters. The van der Waals surface area contributed by atoms with Crippen LogP contribution in [0.3, 0.4) is 0 Å². The molecule has 2 heterocycles. The van der Waals surface area contributed by atoms with Gasteiger partial charge in [0.05, 0.1) is 11.6 Å². The predicted molar refractivity (Wildman–Crippen MR) is 148 cm³/mol. The van der Waals surface area contributed by atoms with E-state index in [4.69, 9.17) is 23.2 Å². The van der Waals surface area contributed by atoms with Gasteiger partial charge in [0.15, 0.2) is 4.34 Å². The molecule has 10 heteroatoms. The molecule has 4 aromatic rings. The summed E-state index contributed by atoms with van der Waals surface area (Å²) in [6.45, 7) is 2.03. The van der Waals surface area contributed by atoms with Crippen LogP contribution in [0.2, 0.25) is 10.0 Å². The number of aliphatic hydroxyl groups excluding tert-OH is 1. The second kappa shape index (κ2) is 10.7. The first-order valence-corrected chi connectivity index (χ1v) is 13.7. The summed E-state index contributed by atoms with van der Waals surface area (Å²) in [5.41, 5.74) is 3.07. The molecule has 0 bridgehead atoms. The largest absolute Gasteiger partial charge is 0.507 e. The third-order valence-electron chi connectivity index (χ3n) is 5.83. The Kier molecular flexibility index (Phi) is 7.35. The fourth-order valence-electron chi connectivity index (χ4n) is 3.99. The number of halogens is 2. The Bertz CT molecular complexity index is 1520. The Morgan fingerprint density at radius 1 is 1.03 bits per heavy atom. The molecule has 1 unspecified atom stereocenters. The molecule has 0 radical (unpaired) electrons. The summed E-state index contributed by atoms with van der Waals surface area (Å²) in [6, 6.07) is 20.6. The van der Waals surface area contributed by atoms with E-state index < -0.39 is 17.7 Å². The van der Waals surface area contributed by atoms with Crippen molar-refractivity contribution < 1.29 is 14.7 Å². The second-order valence-corrected chi connectivity index (χ2v) is 11.3. The maximum Gasteiger partial charge on any atom is 0.301 e. The lowest BCUT2D eigenvalue weighted by Gasteiger charge is -2.23. The van der Waals surface area contributed by atoms with Crippen molar-refractivity contribution in [2.24, 2.45) is 0 Å². The number of Topliss-reactive ketones (excluding diaryl/α,β-unsaturated/α-hetero) is 1. The number of aromatic nitrogens is 2. The van der Waals surface area contributed by atoms with Gasteiger partial charge in [-0.25, -0.2) is 0 Å². The Hall–Kier alpha value is -3.17. The minimum absolute atomic E-state index is 0.0792. The summed E-state index contributed by atoms with van der Waals surface area (Å²) in [4.78, 5) is 27.9. The number of hydrogen-bond acceptors (Lipinski definition) is 7. The molecule has 1 aliphatic heterocycles. The molecule has 0 saturated carbocycles. The Morgan fingerprint density at radius 2 is 1.76 bits per heavy atom. The summed E-state index contributed by atoms with van der Waals surface area (Å²) >= 11 is 15.3. The number of hydrogen-bond donors (Lipinski definition) is 1. The van der Waals surface area contributed by atoms with E-state index in [1.165, 1.54) is 39.6 Å². The molecular weight excluding hydrogens is 549 g/mol. The van der Waals surface area contributed by atoms with Crippen molar-refractivity contribution in [1.82, 2.24) is 10.2 Å². The topological polar surface area (TPSA) is 83.4 Å². The van der Waals surface area contributed by atoms with Crippen molar-refractivity contribution in [3.05, 3.63) is 111 Å². The summed E-state index contributed by atoms with van der Waals surface area (Å²) < 4.78 is 0.640. The average Bonchev–Trinajstić information content (AvgIpc) is 3.46. The molecule has 6 nitrogen and oxygen atoms in total. The minimum Gasteiger partial charge on any atom is -0.507 e. The van der Waals surface area contributed by atoms with Gasteiger partial charge in [-0.3, -0.25) is 14.5 Å². The molecule has 1 aliphatic rings. The van der Waals surface area contributed by atoms with Gasteiger partial charge in [0.1, 0.15) is 5.76 Å². The number of anilines is 1. The minimum atomic E-state index is -1.01. The molecule has 3 aromatic carbocycles. The SMILES string of the molecule is Cc1ccc(CSc2nnc(N3C(=O)C(=O)/C(=C(\O)c4ccccc4)C3c3ccc(Cl)cc3Cl)s2)cc1. The first-order chi connectivity index (χ1) is 17.8. The van der Waals surface area contributed by atoms with Crippen LogP contribution in [-0.4, -0.2) is 27.0 Å². The van der Waals surface area contributed by atoms with E-state index in [1.807, 2.05) is 19.1 Å². The Balaban J connectivity index is 1.55. The zero-order valence-corrected chi connectivity index (χ0v) is 22.5. The molecule has 0 aliphatic carbocycles. The lowest BCUT2D eigenvalue weighted by Crippen LogP contribution is -2.29. The molecule has 186 valence electrons. The molecule has 5 rings (SSSR count). The van der Waals surface area contributed by atoms with Crippen LogP contribution in [0, 0.1) is 6.92 Å². The summed E-state index contributed by atoms with van der Waals surface area (Å²) in [5.74, 6) is -1.27. The molecular formula is C27H19Cl2N3O3S2. The average molecular weight is 569 g/mol. The monoisotopic (exact) mass is 567 g/mol. The van der Waals surface area contributed by atoms with E-state index in [1.54, 1.807) is 42.5 Å². The van der Waals surface area contributed by atoms with E-state index in [0.29, 0.717) is 26.2 Å². The van der Waals surface area contributed by atoms with E-state index in [-0.39, 0.29) is 21.5 Å². The fraction of sp³-hybridized carbons (Fsp3) is 0.111. The first-order valence-electron chi connectivity index (χ1n) is 11.2. The highest BCUT2D eigenvalue weighted by Crippen LogP contribution is 2.46. The highest BCUT2D eigenvalue weighted by Gasteiger charge is 2.49. The number of carbonyl (C=O) groups is 2. The van der Waals surface area contributed by atoms with Crippen molar-refractivity contribution >= 4 is 68.9 Å². The lowest BCUT2D eigenvalue weighted by molar-refractivity contribution is -0.132. The predicted octanol–water partition coefficient (Wildman–Crippen LogP) is 7.07. The highest BCUT2D eigenvalue weighted by atomic mass is 35.5. The van der Waals surface area contributed by atoms with E-state index in [0.717, 1.165) is 5.56 Å². The van der Waals surface area contributed by atoms with Gasteiger partial charge in [-0.1, -0.05) is 113 Å². The molecule has 1 fully saturated rings. The van der Waals surface area contributed by atoms with Gasteiger partial charge in [-0.05, 0) is 30.2 Å². The number of amides is 1. The Labute approximate surface area is 231 Å². The van der Waals surface area contributed by atoms with Gasteiger partial charge in [0.25, 0.3) is 5.78 Å². The second-order valence-electron chi connectivity index (χ2n) is 8.33. The Morgan fingerprint density at radius 3 is 2.46 bits per heavy atom. The van der Waals surface area contributed by atoms with Crippen LogP contribution in [-0.2, 0) is 15.3 Å². The summed E-state index contributed by atoms with van der Waals surface area (Å²) in [7, 11) is 0. The van der Waals surface area contributed by atoms with Crippen molar-refractivity contribution in [2.75, 3.05) is 4.90 Å². The van der Waals surface area contributed by atoms with Gasteiger partial charge in [0, 0.05) is 21.4 Å². The summed E-state index contributed by atoms with van der Waals surface area (Å²) in [5, 5.41) is 20.5. The van der Waals surface area contributed by atoms with Gasteiger partial charge in [-0.15, -0.1) is 10.2 Å². The zero-order chi connectivity index (χ0) is 26.1. The molecule has 1 saturated heterocycles. The third kappa shape index (κ3) is 5.15. The van der Waals surface area contributed by atoms with Crippen LogP contribution in [0.5, 0.6) is 0 Å². The quantitative estimate of drug-likeness (QED) is 0.0881. The summed E-state index contributed by atoms with van der Waals surface area (Å²) in [6.07, 6.45) is 0. The smallest absolute Gasteiger partial charge is 0.301 e. The van der Waals surface area contributed by atoms with E-state index in [9.17, 15) is 14.7 Å². The van der Waals surface area contributed by atoms with E-state index in [2.05, 4.69) is 22.3 Å². The third-order valence-corrected chi connectivity index (χ3v) is 8.52. The maximum absolute atomic E-state index is 13.3. The van der Waals surface area contributed by atoms with Crippen molar-refractivity contribution in [3.63, 3.8) is 0 Å². The van der Waals surface area contributed by atoms with Gasteiger partial charge < -0.3 is 5.11 Å². The number of thioether (sulfide) groups is 1. The number of rotatable bonds is 6. The van der Waals surface area contributed by atoms with Crippen LogP contribution in [0.4, 0.5) is 5.13 Å². The molecule has 0 spiro atoms. The van der Waals surface area contributed by atoms with Crippen LogP contribution < -0.4 is 4.90 Å². The zero-order valence-electron chi connectivity index (χ0n) is 19.4. The van der Waals surface area contributed by atoms with E-state index >= 15 is 0 Å². The maximum atomic E-state index is 13.3.